The number of hydrogen-bond acceptors (Lipinski definition) is 3. The minimum Gasteiger partial charge on any atom is -0.493 e. The summed E-state index contributed by atoms with van der Waals surface area (Å²) in [5.74, 6) is 1.63. The number of benzene rings is 1. The van der Waals surface area contributed by atoms with E-state index in [0.717, 1.165) is 36.8 Å². The Morgan fingerprint density at radius 1 is 1.18 bits per heavy atom. The average Bonchev–Trinajstić information content (AvgIpc) is 2.55. The van der Waals surface area contributed by atoms with Crippen molar-refractivity contribution in [2.75, 3.05) is 39.2 Å². The van der Waals surface area contributed by atoms with Crippen molar-refractivity contribution in [3.8, 4) is 5.75 Å². The van der Waals surface area contributed by atoms with E-state index in [1.165, 1.54) is 12.8 Å². The smallest absolute Gasteiger partial charge is 0.195 e. The van der Waals surface area contributed by atoms with Crippen LogP contribution in [0.4, 0.5) is 5.69 Å². The van der Waals surface area contributed by atoms with Crippen LogP contribution in [-0.2, 0) is 4.74 Å². The molecule has 0 atom stereocenters. The molecule has 0 aromatic heterocycles. The first-order chi connectivity index (χ1) is 10.8. The summed E-state index contributed by atoms with van der Waals surface area (Å²) in [5.41, 5.74) is 0.966. The Balaban J connectivity index is 2.43. The number of nitrogens with zero attached hydrogens (tertiary/aromatic N) is 1. The van der Waals surface area contributed by atoms with Gasteiger partial charge in [-0.1, -0.05) is 25.8 Å². The second-order valence-electron chi connectivity index (χ2n) is 5.05. The Labute approximate surface area is 134 Å². The van der Waals surface area contributed by atoms with Gasteiger partial charge in [0.05, 0.1) is 6.61 Å². The zero-order valence-corrected chi connectivity index (χ0v) is 14.0. The lowest BCUT2D eigenvalue weighted by atomic mass is 10.2. The molecule has 0 radical (unpaired) electrons. The van der Waals surface area contributed by atoms with Crippen molar-refractivity contribution in [3.05, 3.63) is 24.3 Å². The number of anilines is 1. The van der Waals surface area contributed by atoms with E-state index in [9.17, 15) is 0 Å². The van der Waals surface area contributed by atoms with Gasteiger partial charge < -0.3 is 20.1 Å². The number of aliphatic imine (C=N–C) groups is 1. The van der Waals surface area contributed by atoms with Crippen LogP contribution in [-0.4, -0.2) is 39.9 Å². The summed E-state index contributed by atoms with van der Waals surface area (Å²) in [5, 5.41) is 6.60. The molecular formula is C17H29N3O2. The number of unbranched alkanes of at least 4 members (excludes halogenated alkanes) is 2. The number of guanidine groups is 1. The zero-order chi connectivity index (χ0) is 16.0. The molecule has 0 saturated heterocycles. The van der Waals surface area contributed by atoms with Crippen LogP contribution in [0, 0.1) is 0 Å². The van der Waals surface area contributed by atoms with Crippen LogP contribution in [0.2, 0.25) is 0 Å². The van der Waals surface area contributed by atoms with E-state index in [0.29, 0.717) is 13.2 Å². The van der Waals surface area contributed by atoms with Crippen molar-refractivity contribution in [2.24, 2.45) is 4.99 Å². The van der Waals surface area contributed by atoms with Crippen molar-refractivity contribution in [3.63, 3.8) is 0 Å². The molecular weight excluding hydrogens is 278 g/mol. The predicted molar refractivity (Wildman–Crippen MR) is 92.9 cm³/mol. The Hall–Kier alpha value is -1.75. The molecule has 0 amide bonds. The molecule has 2 N–H and O–H groups in total. The third kappa shape index (κ3) is 7.88. The van der Waals surface area contributed by atoms with Gasteiger partial charge >= 0.3 is 0 Å². The molecule has 0 unspecified atom stereocenters. The number of ether oxygens (including phenoxy) is 2. The summed E-state index contributed by atoms with van der Waals surface area (Å²) >= 11 is 0. The maximum atomic E-state index is 5.70. The van der Waals surface area contributed by atoms with Gasteiger partial charge in [-0.15, -0.1) is 0 Å². The molecule has 0 aliphatic heterocycles. The number of nitrogens with one attached hydrogen (secondary N) is 2. The predicted octanol–water partition coefficient (Wildman–Crippen LogP) is 3.28. The van der Waals surface area contributed by atoms with E-state index in [1.807, 2.05) is 24.3 Å². The van der Waals surface area contributed by atoms with Crippen LogP contribution in [0.5, 0.6) is 5.75 Å². The van der Waals surface area contributed by atoms with Crippen molar-refractivity contribution >= 4 is 11.6 Å². The van der Waals surface area contributed by atoms with Crippen LogP contribution in [0.1, 0.15) is 32.6 Å². The van der Waals surface area contributed by atoms with Crippen molar-refractivity contribution < 1.29 is 9.47 Å². The van der Waals surface area contributed by atoms with E-state index >= 15 is 0 Å². The molecule has 124 valence electrons. The molecule has 1 aromatic rings. The highest BCUT2D eigenvalue weighted by molar-refractivity contribution is 5.93. The first kappa shape index (κ1) is 18.3. The highest BCUT2D eigenvalue weighted by Gasteiger charge is 2.01. The molecule has 22 heavy (non-hydrogen) atoms. The van der Waals surface area contributed by atoms with Gasteiger partial charge in [0.1, 0.15) is 5.75 Å². The molecule has 0 heterocycles. The van der Waals surface area contributed by atoms with E-state index in [-0.39, 0.29) is 0 Å². The lowest BCUT2D eigenvalue weighted by Gasteiger charge is -2.13. The standard InChI is InChI=1S/C17H29N3O2/c1-4-5-6-11-19-17(18-2)20-15-9-7-10-16(14-15)22-13-8-12-21-3/h7,9-10,14H,4-6,8,11-13H2,1-3H3,(H2,18,19,20). The van der Waals surface area contributed by atoms with Crippen LogP contribution in [0.25, 0.3) is 0 Å². The Morgan fingerprint density at radius 3 is 2.77 bits per heavy atom. The molecule has 0 fully saturated rings. The Morgan fingerprint density at radius 2 is 2.05 bits per heavy atom. The molecule has 1 aromatic carbocycles. The fraction of sp³-hybridized carbons (Fsp3) is 0.588. The zero-order valence-electron chi connectivity index (χ0n) is 14.0. The maximum absolute atomic E-state index is 5.70. The van der Waals surface area contributed by atoms with Crippen molar-refractivity contribution in [1.82, 2.24) is 5.32 Å². The van der Waals surface area contributed by atoms with E-state index in [2.05, 4.69) is 22.5 Å². The van der Waals surface area contributed by atoms with Crippen LogP contribution in [0.15, 0.2) is 29.3 Å². The average molecular weight is 307 g/mol. The Kier molecular flexibility index (Phi) is 9.87. The van der Waals surface area contributed by atoms with Crippen LogP contribution < -0.4 is 15.4 Å². The molecule has 5 heteroatoms. The van der Waals surface area contributed by atoms with Crippen molar-refractivity contribution in [2.45, 2.75) is 32.6 Å². The largest absolute Gasteiger partial charge is 0.493 e. The van der Waals surface area contributed by atoms with Gasteiger partial charge in [0.25, 0.3) is 0 Å². The molecule has 0 saturated carbocycles. The molecule has 1 rings (SSSR count). The van der Waals surface area contributed by atoms with E-state index in [1.54, 1.807) is 14.2 Å². The normalized spacial score (nSPS) is 11.3. The highest BCUT2D eigenvalue weighted by atomic mass is 16.5. The van der Waals surface area contributed by atoms with Gasteiger partial charge in [-0.25, -0.2) is 0 Å². The third-order valence-electron chi connectivity index (χ3n) is 3.15. The molecule has 0 aliphatic rings. The first-order valence-corrected chi connectivity index (χ1v) is 7.99. The van der Waals surface area contributed by atoms with Crippen molar-refractivity contribution in [1.29, 1.82) is 0 Å². The van der Waals surface area contributed by atoms with Gasteiger partial charge in [0, 0.05) is 45.5 Å². The maximum Gasteiger partial charge on any atom is 0.195 e. The lowest BCUT2D eigenvalue weighted by molar-refractivity contribution is 0.172. The summed E-state index contributed by atoms with van der Waals surface area (Å²) in [6.07, 6.45) is 4.49. The van der Waals surface area contributed by atoms with Gasteiger partial charge in [0.2, 0.25) is 0 Å². The summed E-state index contributed by atoms with van der Waals surface area (Å²) in [6.45, 7) is 4.50. The molecule has 0 bridgehead atoms. The summed E-state index contributed by atoms with van der Waals surface area (Å²) in [7, 11) is 3.48. The van der Waals surface area contributed by atoms with Gasteiger partial charge in [-0.3, -0.25) is 4.99 Å². The quantitative estimate of drug-likeness (QED) is 0.396. The van der Waals surface area contributed by atoms with Crippen LogP contribution in [0.3, 0.4) is 0 Å². The summed E-state index contributed by atoms with van der Waals surface area (Å²) in [6, 6.07) is 7.90. The SMILES string of the molecule is CCCCCNC(=NC)Nc1cccc(OCCCOC)c1. The lowest BCUT2D eigenvalue weighted by Crippen LogP contribution is -2.31. The monoisotopic (exact) mass is 307 g/mol. The second-order valence-corrected chi connectivity index (χ2v) is 5.05. The van der Waals surface area contributed by atoms with Gasteiger partial charge in [0.15, 0.2) is 5.96 Å². The minimum absolute atomic E-state index is 0.654. The second kappa shape index (κ2) is 11.9. The minimum atomic E-state index is 0.654. The summed E-state index contributed by atoms with van der Waals surface area (Å²) in [4.78, 5) is 4.23. The van der Waals surface area contributed by atoms with Gasteiger partial charge in [-0.2, -0.15) is 0 Å². The number of methoxy groups -OCH3 is 1. The van der Waals surface area contributed by atoms with E-state index in [4.69, 9.17) is 9.47 Å². The first-order valence-electron chi connectivity index (χ1n) is 7.99. The Bertz CT molecular complexity index is 436. The topological polar surface area (TPSA) is 54.9 Å². The third-order valence-corrected chi connectivity index (χ3v) is 3.15. The number of hydrogen-bond donors (Lipinski definition) is 2. The highest BCUT2D eigenvalue weighted by Crippen LogP contribution is 2.17. The van der Waals surface area contributed by atoms with Gasteiger partial charge in [-0.05, 0) is 18.6 Å². The molecule has 0 spiro atoms. The van der Waals surface area contributed by atoms with E-state index < -0.39 is 0 Å². The summed E-state index contributed by atoms with van der Waals surface area (Å²) < 4.78 is 10.7. The molecule has 0 aliphatic carbocycles. The number of rotatable bonds is 10. The molecule has 5 nitrogen and oxygen atoms in total. The fourth-order valence-electron chi connectivity index (χ4n) is 1.95. The van der Waals surface area contributed by atoms with Crippen LogP contribution >= 0.6 is 0 Å². The fourth-order valence-corrected chi connectivity index (χ4v) is 1.95.